The molecule has 3 rings (SSSR count). The van der Waals surface area contributed by atoms with E-state index in [1.165, 1.54) is 5.56 Å². The first-order chi connectivity index (χ1) is 14.6. The number of amides is 2. The van der Waals surface area contributed by atoms with E-state index in [-0.39, 0.29) is 18.0 Å². The van der Waals surface area contributed by atoms with Gasteiger partial charge in [0.05, 0.1) is 6.04 Å². The molecule has 2 fully saturated rings. The highest BCUT2D eigenvalue weighted by Gasteiger charge is 2.29. The molecule has 2 heterocycles. The number of rotatable bonds is 5. The molecular weight excluding hydrogens is 394 g/mol. The van der Waals surface area contributed by atoms with Crippen LogP contribution in [0.25, 0.3) is 0 Å². The average molecular weight is 432 g/mol. The highest BCUT2D eigenvalue weighted by molar-refractivity contribution is 5.81. The minimum absolute atomic E-state index is 0.0868. The maximum atomic E-state index is 12.2. The smallest absolute Gasteiger partial charge is 0.410 e. The van der Waals surface area contributed by atoms with E-state index >= 15 is 0 Å². The van der Waals surface area contributed by atoms with Crippen LogP contribution in [-0.2, 0) is 9.53 Å². The van der Waals surface area contributed by atoms with E-state index in [0.717, 1.165) is 51.3 Å². The number of carbonyl (C=O) groups is 2. The van der Waals surface area contributed by atoms with Gasteiger partial charge in [-0.2, -0.15) is 0 Å². The zero-order valence-electron chi connectivity index (χ0n) is 19.6. The molecule has 0 spiro atoms. The third-order valence-corrected chi connectivity index (χ3v) is 6.15. The summed E-state index contributed by atoms with van der Waals surface area (Å²) in [6.07, 6.45) is 1.66. The van der Waals surface area contributed by atoms with Crippen LogP contribution in [0.3, 0.4) is 0 Å². The Labute approximate surface area is 186 Å². The third-order valence-electron chi connectivity index (χ3n) is 6.15. The average Bonchev–Trinajstić information content (AvgIpc) is 2.73. The van der Waals surface area contributed by atoms with Gasteiger partial charge in [0.25, 0.3) is 0 Å². The lowest BCUT2D eigenvalue weighted by molar-refractivity contribution is -0.139. The second kappa shape index (κ2) is 9.90. The monoisotopic (exact) mass is 431 g/mol. The number of carbonyl (C=O) groups excluding carboxylic acids is 2. The first-order valence-electron chi connectivity index (χ1n) is 11.3. The van der Waals surface area contributed by atoms with Crippen molar-refractivity contribution in [1.29, 1.82) is 0 Å². The van der Waals surface area contributed by atoms with Crippen molar-refractivity contribution in [2.45, 2.75) is 58.1 Å². The molecule has 0 aromatic heterocycles. The Morgan fingerprint density at radius 1 is 1.06 bits per heavy atom. The van der Waals surface area contributed by atoms with Crippen molar-refractivity contribution in [1.82, 2.24) is 14.7 Å². The van der Waals surface area contributed by atoms with Gasteiger partial charge in [-0.1, -0.05) is 12.1 Å². The van der Waals surface area contributed by atoms with Crippen molar-refractivity contribution in [3.05, 3.63) is 29.8 Å². The van der Waals surface area contributed by atoms with Gasteiger partial charge in [0.15, 0.2) is 0 Å². The van der Waals surface area contributed by atoms with Gasteiger partial charge in [0.2, 0.25) is 5.91 Å². The summed E-state index contributed by atoms with van der Waals surface area (Å²) in [6.45, 7) is 12.0. The van der Waals surface area contributed by atoms with Crippen molar-refractivity contribution in [2.24, 2.45) is 0 Å². The number of piperidine rings is 1. The molecular formula is C24H37N3O4. The Kier molecular flexibility index (Phi) is 7.46. The van der Waals surface area contributed by atoms with Gasteiger partial charge in [-0.15, -0.1) is 0 Å². The largest absolute Gasteiger partial charge is 0.492 e. The van der Waals surface area contributed by atoms with Crippen LogP contribution in [-0.4, -0.2) is 84.7 Å². The minimum Gasteiger partial charge on any atom is -0.492 e. The molecule has 0 N–H and O–H groups in total. The molecule has 0 saturated carbocycles. The highest BCUT2D eigenvalue weighted by atomic mass is 16.6. The molecule has 1 atom stereocenters. The lowest BCUT2D eigenvalue weighted by Gasteiger charge is -2.37. The number of likely N-dealkylation sites (N-methyl/N-ethyl adjacent to an activating group) is 1. The van der Waals surface area contributed by atoms with Crippen LogP contribution < -0.4 is 4.74 Å². The van der Waals surface area contributed by atoms with Crippen molar-refractivity contribution in [3.63, 3.8) is 0 Å². The molecule has 0 bridgehead atoms. The molecule has 2 saturated heterocycles. The van der Waals surface area contributed by atoms with Crippen molar-refractivity contribution >= 4 is 12.0 Å². The predicted octanol–water partition coefficient (Wildman–Crippen LogP) is 3.34. The van der Waals surface area contributed by atoms with Crippen LogP contribution in [0.15, 0.2) is 24.3 Å². The van der Waals surface area contributed by atoms with E-state index < -0.39 is 5.60 Å². The molecule has 7 heteroatoms. The van der Waals surface area contributed by atoms with E-state index in [1.54, 1.807) is 4.90 Å². The number of ether oxygens (including phenoxy) is 2. The summed E-state index contributed by atoms with van der Waals surface area (Å²) in [7, 11) is 1.86. The number of hydrogen-bond donors (Lipinski definition) is 0. The van der Waals surface area contributed by atoms with Crippen LogP contribution in [0.2, 0.25) is 0 Å². The molecule has 31 heavy (non-hydrogen) atoms. The molecule has 2 aliphatic heterocycles. The normalized spacial score (nSPS) is 21.3. The molecule has 0 radical (unpaired) electrons. The Hall–Kier alpha value is -2.28. The van der Waals surface area contributed by atoms with Crippen LogP contribution in [0, 0.1) is 0 Å². The van der Waals surface area contributed by atoms with E-state index in [4.69, 9.17) is 9.47 Å². The fourth-order valence-electron chi connectivity index (χ4n) is 4.20. The lowest BCUT2D eigenvalue weighted by Crippen LogP contribution is -2.55. The first-order valence-corrected chi connectivity index (χ1v) is 11.3. The second-order valence-corrected chi connectivity index (χ2v) is 9.63. The summed E-state index contributed by atoms with van der Waals surface area (Å²) in [5.41, 5.74) is 0.830. The van der Waals surface area contributed by atoms with Gasteiger partial charge < -0.3 is 19.3 Å². The van der Waals surface area contributed by atoms with Gasteiger partial charge in [0.1, 0.15) is 18.0 Å². The maximum absolute atomic E-state index is 12.2. The predicted molar refractivity (Wildman–Crippen MR) is 120 cm³/mol. The number of nitrogens with zero attached hydrogens (tertiary/aromatic N) is 3. The number of likely N-dealkylation sites (tertiary alicyclic amines) is 1. The van der Waals surface area contributed by atoms with E-state index in [2.05, 4.69) is 17.0 Å². The van der Waals surface area contributed by atoms with Crippen molar-refractivity contribution in [2.75, 3.05) is 46.4 Å². The molecule has 172 valence electrons. The molecule has 7 nitrogen and oxygen atoms in total. The zero-order chi connectivity index (χ0) is 22.6. The third kappa shape index (κ3) is 6.35. The summed E-state index contributed by atoms with van der Waals surface area (Å²) in [4.78, 5) is 30.1. The number of hydrogen-bond acceptors (Lipinski definition) is 5. The Morgan fingerprint density at radius 2 is 1.71 bits per heavy atom. The highest BCUT2D eigenvalue weighted by Crippen LogP contribution is 2.30. The van der Waals surface area contributed by atoms with Crippen LogP contribution in [0.4, 0.5) is 4.79 Å². The molecule has 1 aromatic carbocycles. The number of piperazine rings is 1. The van der Waals surface area contributed by atoms with E-state index in [0.29, 0.717) is 12.5 Å². The van der Waals surface area contributed by atoms with Crippen molar-refractivity contribution < 1.29 is 19.1 Å². The van der Waals surface area contributed by atoms with Gasteiger partial charge in [-0.05, 0) is 64.2 Å². The summed E-state index contributed by atoms with van der Waals surface area (Å²) < 4.78 is 11.4. The fourth-order valence-corrected chi connectivity index (χ4v) is 4.20. The quantitative estimate of drug-likeness (QED) is 0.716. The number of benzene rings is 1. The van der Waals surface area contributed by atoms with Crippen LogP contribution in [0.1, 0.15) is 52.0 Å². The summed E-state index contributed by atoms with van der Waals surface area (Å²) in [5, 5.41) is 0. The molecule has 0 aliphatic carbocycles. The Bertz CT molecular complexity index is 751. The van der Waals surface area contributed by atoms with E-state index in [1.807, 2.05) is 51.8 Å². The van der Waals surface area contributed by atoms with Crippen LogP contribution in [0.5, 0.6) is 5.75 Å². The molecule has 2 aliphatic rings. The Morgan fingerprint density at radius 3 is 2.32 bits per heavy atom. The van der Waals surface area contributed by atoms with Gasteiger partial charge in [-0.25, -0.2) is 4.79 Å². The fraction of sp³-hybridized carbons (Fsp3) is 0.667. The minimum atomic E-state index is -0.457. The summed E-state index contributed by atoms with van der Waals surface area (Å²) in [5.74, 6) is 1.47. The van der Waals surface area contributed by atoms with Gasteiger partial charge >= 0.3 is 6.09 Å². The Balaban J connectivity index is 1.42. The van der Waals surface area contributed by atoms with Gasteiger partial charge in [-0.3, -0.25) is 9.69 Å². The molecule has 1 aromatic rings. The first kappa shape index (κ1) is 23.4. The van der Waals surface area contributed by atoms with Crippen molar-refractivity contribution in [3.8, 4) is 5.75 Å². The standard InChI is InChI=1S/C24H37N3O4/c1-18-22(28)25(5)14-15-26(18)16-17-30-21-8-6-19(7-9-21)20-10-12-27(13-11-20)23(29)31-24(2,3)4/h6-9,18,20H,10-17H2,1-5H3/t18-/m1/s1. The lowest BCUT2D eigenvalue weighted by atomic mass is 9.89. The molecule has 2 amide bonds. The van der Waals surface area contributed by atoms with E-state index in [9.17, 15) is 9.59 Å². The second-order valence-electron chi connectivity index (χ2n) is 9.63. The maximum Gasteiger partial charge on any atom is 0.410 e. The van der Waals surface area contributed by atoms with Gasteiger partial charge in [0, 0.05) is 39.8 Å². The zero-order valence-corrected chi connectivity index (χ0v) is 19.6. The van der Waals surface area contributed by atoms with Crippen LogP contribution >= 0.6 is 0 Å². The summed E-state index contributed by atoms with van der Waals surface area (Å²) in [6, 6.07) is 8.22. The SMILES string of the molecule is C[C@@H]1C(=O)N(C)CCN1CCOc1ccc(C2CCN(C(=O)OC(C)(C)C)CC2)cc1. The molecule has 0 unspecified atom stereocenters. The summed E-state index contributed by atoms with van der Waals surface area (Å²) >= 11 is 0. The topological polar surface area (TPSA) is 62.3 Å².